The third kappa shape index (κ3) is 1.79. The average molecular weight is 270 g/mol. The van der Waals surface area contributed by atoms with Crippen molar-refractivity contribution in [3.05, 3.63) is 41.8 Å². The highest BCUT2D eigenvalue weighted by molar-refractivity contribution is 5.53. The summed E-state index contributed by atoms with van der Waals surface area (Å²) in [5.74, 6) is 1.63. The van der Waals surface area contributed by atoms with Crippen LogP contribution in [0, 0.1) is 0 Å². The quantitative estimate of drug-likeness (QED) is 0.841. The van der Waals surface area contributed by atoms with Crippen LogP contribution < -0.4 is 0 Å². The molecule has 1 aromatic heterocycles. The van der Waals surface area contributed by atoms with Crippen molar-refractivity contribution in [2.45, 2.75) is 31.5 Å². The summed E-state index contributed by atoms with van der Waals surface area (Å²) in [6, 6.07) is 10.5. The van der Waals surface area contributed by atoms with E-state index in [1.54, 1.807) is 7.11 Å². The van der Waals surface area contributed by atoms with Crippen LogP contribution in [0.15, 0.2) is 34.7 Å². The Morgan fingerprint density at radius 1 is 1.30 bits per heavy atom. The lowest BCUT2D eigenvalue weighted by Crippen LogP contribution is -2.39. The van der Waals surface area contributed by atoms with Crippen LogP contribution in [-0.4, -0.2) is 29.6 Å². The third-order valence-electron chi connectivity index (χ3n) is 4.38. The Morgan fingerprint density at radius 3 is 2.95 bits per heavy atom. The first-order valence-corrected chi connectivity index (χ1v) is 7.18. The molecular weight excluding hydrogens is 252 g/mol. The van der Waals surface area contributed by atoms with E-state index >= 15 is 0 Å². The molecule has 2 aromatic rings. The SMILES string of the molecule is CO[C@@H]1c2oc(-c3ccccc3)nc2CN2CCC[C@H]12. The zero-order valence-electron chi connectivity index (χ0n) is 11.6. The first-order chi connectivity index (χ1) is 9.86. The Kier molecular flexibility index (Phi) is 2.86. The van der Waals surface area contributed by atoms with Crippen molar-refractivity contribution in [2.24, 2.45) is 0 Å². The van der Waals surface area contributed by atoms with Crippen LogP contribution in [0.5, 0.6) is 0 Å². The van der Waals surface area contributed by atoms with Gasteiger partial charge in [-0.15, -0.1) is 0 Å². The second kappa shape index (κ2) is 4.72. The molecule has 2 aliphatic heterocycles. The maximum atomic E-state index is 6.04. The molecule has 104 valence electrons. The molecule has 1 aromatic carbocycles. The topological polar surface area (TPSA) is 38.5 Å². The van der Waals surface area contributed by atoms with E-state index in [1.165, 1.54) is 12.8 Å². The number of aromatic nitrogens is 1. The second-order valence-electron chi connectivity index (χ2n) is 5.53. The monoisotopic (exact) mass is 270 g/mol. The lowest BCUT2D eigenvalue weighted by molar-refractivity contribution is -0.000329. The molecule has 0 N–H and O–H groups in total. The van der Waals surface area contributed by atoms with E-state index in [0.717, 1.165) is 30.1 Å². The van der Waals surface area contributed by atoms with Gasteiger partial charge in [0, 0.05) is 25.3 Å². The minimum Gasteiger partial charge on any atom is -0.438 e. The average Bonchev–Trinajstić information content (AvgIpc) is 3.11. The van der Waals surface area contributed by atoms with Gasteiger partial charge in [-0.1, -0.05) is 18.2 Å². The molecule has 2 atom stereocenters. The summed E-state index contributed by atoms with van der Waals surface area (Å²) in [5.41, 5.74) is 2.06. The molecule has 4 nitrogen and oxygen atoms in total. The number of ether oxygens (including phenoxy) is 1. The van der Waals surface area contributed by atoms with Crippen molar-refractivity contribution in [2.75, 3.05) is 13.7 Å². The molecular formula is C16H18N2O2. The lowest BCUT2D eigenvalue weighted by atomic mass is 10.0. The number of methoxy groups -OCH3 is 1. The van der Waals surface area contributed by atoms with Crippen molar-refractivity contribution in [1.29, 1.82) is 0 Å². The molecule has 1 saturated heterocycles. The predicted octanol–water partition coefficient (Wildman–Crippen LogP) is 3.01. The van der Waals surface area contributed by atoms with Gasteiger partial charge in [-0.3, -0.25) is 4.90 Å². The number of hydrogen-bond acceptors (Lipinski definition) is 4. The molecule has 0 aliphatic carbocycles. The zero-order chi connectivity index (χ0) is 13.5. The normalized spacial score (nSPS) is 25.4. The van der Waals surface area contributed by atoms with Crippen LogP contribution in [0.2, 0.25) is 0 Å². The van der Waals surface area contributed by atoms with Crippen LogP contribution in [-0.2, 0) is 11.3 Å². The fourth-order valence-corrected chi connectivity index (χ4v) is 3.43. The Balaban J connectivity index is 1.76. The molecule has 0 unspecified atom stereocenters. The Morgan fingerprint density at radius 2 is 2.15 bits per heavy atom. The van der Waals surface area contributed by atoms with E-state index in [4.69, 9.17) is 14.1 Å². The Labute approximate surface area is 118 Å². The fourth-order valence-electron chi connectivity index (χ4n) is 3.43. The van der Waals surface area contributed by atoms with E-state index in [9.17, 15) is 0 Å². The Hall–Kier alpha value is -1.65. The van der Waals surface area contributed by atoms with Crippen molar-refractivity contribution in [3.8, 4) is 11.5 Å². The van der Waals surface area contributed by atoms with E-state index in [1.807, 2.05) is 30.3 Å². The Bertz CT molecular complexity index is 608. The molecule has 3 heterocycles. The highest BCUT2D eigenvalue weighted by Crippen LogP contribution is 2.40. The highest BCUT2D eigenvalue weighted by atomic mass is 16.5. The van der Waals surface area contributed by atoms with Crippen molar-refractivity contribution < 1.29 is 9.15 Å². The number of benzene rings is 1. The number of rotatable bonds is 2. The van der Waals surface area contributed by atoms with Crippen LogP contribution in [0.25, 0.3) is 11.5 Å². The summed E-state index contributed by atoms with van der Waals surface area (Å²) in [7, 11) is 1.76. The minimum atomic E-state index is 0.0196. The van der Waals surface area contributed by atoms with Crippen LogP contribution >= 0.6 is 0 Å². The van der Waals surface area contributed by atoms with E-state index < -0.39 is 0 Å². The molecule has 4 rings (SSSR count). The number of nitrogens with zero attached hydrogens (tertiary/aromatic N) is 2. The van der Waals surface area contributed by atoms with Gasteiger partial charge in [-0.05, 0) is 31.5 Å². The number of hydrogen-bond donors (Lipinski definition) is 0. The molecule has 0 bridgehead atoms. The van der Waals surface area contributed by atoms with Gasteiger partial charge in [0.2, 0.25) is 5.89 Å². The zero-order valence-corrected chi connectivity index (χ0v) is 11.6. The highest BCUT2D eigenvalue weighted by Gasteiger charge is 2.41. The van der Waals surface area contributed by atoms with E-state index in [0.29, 0.717) is 11.9 Å². The molecule has 0 radical (unpaired) electrons. The molecule has 0 spiro atoms. The van der Waals surface area contributed by atoms with Crippen LogP contribution in [0.3, 0.4) is 0 Å². The van der Waals surface area contributed by atoms with Crippen molar-refractivity contribution in [3.63, 3.8) is 0 Å². The first kappa shape index (κ1) is 12.1. The summed E-state index contributed by atoms with van der Waals surface area (Å²) in [6.07, 6.45) is 2.44. The largest absolute Gasteiger partial charge is 0.438 e. The summed E-state index contributed by atoms with van der Waals surface area (Å²) in [6.45, 7) is 2.02. The standard InChI is InChI=1S/C16H18N2O2/c1-19-15-13-8-5-9-18(13)10-12-14(15)20-16(17-12)11-6-3-2-4-7-11/h2-4,6-7,13,15H,5,8-10H2,1H3/t13-,15+/m1/s1. The summed E-state index contributed by atoms with van der Waals surface area (Å²) in [5, 5.41) is 0. The maximum Gasteiger partial charge on any atom is 0.226 e. The molecule has 1 fully saturated rings. The third-order valence-corrected chi connectivity index (χ3v) is 4.38. The van der Waals surface area contributed by atoms with Gasteiger partial charge < -0.3 is 9.15 Å². The fraction of sp³-hybridized carbons (Fsp3) is 0.438. The molecule has 4 heteroatoms. The van der Waals surface area contributed by atoms with Crippen LogP contribution in [0.4, 0.5) is 0 Å². The van der Waals surface area contributed by atoms with Crippen molar-refractivity contribution >= 4 is 0 Å². The number of fused-ring (bicyclic) bond motifs is 2. The smallest absolute Gasteiger partial charge is 0.226 e. The van der Waals surface area contributed by atoms with Crippen molar-refractivity contribution in [1.82, 2.24) is 9.88 Å². The maximum absolute atomic E-state index is 6.04. The van der Waals surface area contributed by atoms with E-state index in [-0.39, 0.29) is 6.10 Å². The lowest BCUT2D eigenvalue weighted by Gasteiger charge is -2.33. The van der Waals surface area contributed by atoms with Gasteiger partial charge in [0.15, 0.2) is 5.76 Å². The van der Waals surface area contributed by atoms with Gasteiger partial charge in [0.05, 0.1) is 5.69 Å². The summed E-state index contributed by atoms with van der Waals surface area (Å²) >= 11 is 0. The van der Waals surface area contributed by atoms with Gasteiger partial charge in [-0.2, -0.15) is 0 Å². The summed E-state index contributed by atoms with van der Waals surface area (Å²) in [4.78, 5) is 7.16. The second-order valence-corrected chi connectivity index (χ2v) is 5.53. The first-order valence-electron chi connectivity index (χ1n) is 7.18. The van der Waals surface area contributed by atoms with Gasteiger partial charge in [-0.25, -0.2) is 4.98 Å². The molecule has 2 aliphatic rings. The molecule has 0 saturated carbocycles. The summed E-state index contributed by atoms with van der Waals surface area (Å²) < 4.78 is 11.7. The molecule has 20 heavy (non-hydrogen) atoms. The number of oxazole rings is 1. The predicted molar refractivity (Wildman–Crippen MR) is 75.1 cm³/mol. The van der Waals surface area contributed by atoms with Gasteiger partial charge >= 0.3 is 0 Å². The molecule has 0 amide bonds. The minimum absolute atomic E-state index is 0.0196. The van der Waals surface area contributed by atoms with Gasteiger partial charge in [0.25, 0.3) is 0 Å². The van der Waals surface area contributed by atoms with Gasteiger partial charge in [0.1, 0.15) is 6.10 Å². The van der Waals surface area contributed by atoms with E-state index in [2.05, 4.69) is 4.90 Å². The van der Waals surface area contributed by atoms with Crippen LogP contribution in [0.1, 0.15) is 30.4 Å².